The zero-order valence-electron chi connectivity index (χ0n) is 13.2. The lowest BCUT2D eigenvalue weighted by Gasteiger charge is -2.10. The van der Waals surface area contributed by atoms with E-state index in [0.717, 1.165) is 11.1 Å². The number of halogens is 1. The zero-order valence-corrected chi connectivity index (χ0v) is 14.0. The van der Waals surface area contributed by atoms with Crippen molar-refractivity contribution < 1.29 is 9.59 Å². The highest BCUT2D eigenvalue weighted by atomic mass is 35.5. The van der Waals surface area contributed by atoms with Crippen LogP contribution >= 0.6 is 11.6 Å². The summed E-state index contributed by atoms with van der Waals surface area (Å²) in [5.74, 6) is 5.18. The summed E-state index contributed by atoms with van der Waals surface area (Å²) in [4.78, 5) is 25.7. The van der Waals surface area contributed by atoms with Crippen LogP contribution in [-0.2, 0) is 23.1 Å². The number of imide groups is 1. The van der Waals surface area contributed by atoms with Crippen molar-refractivity contribution in [2.45, 2.75) is 12.8 Å². The van der Waals surface area contributed by atoms with Crippen molar-refractivity contribution in [1.82, 2.24) is 14.7 Å². The fourth-order valence-electron chi connectivity index (χ4n) is 2.69. The highest BCUT2D eigenvalue weighted by Gasteiger charge is 2.37. The Morgan fingerprint density at radius 3 is 2.71 bits per heavy atom. The molecular formula is C18H16ClN3O2. The predicted octanol–water partition coefficient (Wildman–Crippen LogP) is 2.04. The number of likely N-dealkylation sites (tertiary alicyclic amines) is 1. The second-order valence-electron chi connectivity index (χ2n) is 5.75. The molecule has 0 saturated carbocycles. The summed E-state index contributed by atoms with van der Waals surface area (Å²) in [6, 6.07) is 7.10. The first-order chi connectivity index (χ1) is 11.5. The molecule has 1 atom stereocenters. The van der Waals surface area contributed by atoms with Gasteiger partial charge in [-0.3, -0.25) is 19.2 Å². The molecule has 2 amide bonds. The molecule has 122 valence electrons. The van der Waals surface area contributed by atoms with Gasteiger partial charge in [0.05, 0.1) is 18.7 Å². The van der Waals surface area contributed by atoms with Crippen molar-refractivity contribution in [3.05, 3.63) is 52.8 Å². The lowest BCUT2D eigenvalue weighted by Crippen LogP contribution is -2.31. The van der Waals surface area contributed by atoms with Gasteiger partial charge in [0.25, 0.3) is 0 Å². The van der Waals surface area contributed by atoms with Crippen LogP contribution in [0.25, 0.3) is 0 Å². The molecule has 1 aromatic carbocycles. The van der Waals surface area contributed by atoms with Crippen LogP contribution in [0.15, 0.2) is 36.7 Å². The van der Waals surface area contributed by atoms with Gasteiger partial charge >= 0.3 is 0 Å². The third-order valence-electron chi connectivity index (χ3n) is 3.89. The van der Waals surface area contributed by atoms with Crippen LogP contribution in [-0.4, -0.2) is 33.0 Å². The molecule has 0 N–H and O–H groups in total. The Kier molecular flexibility index (Phi) is 4.68. The number of nitrogens with zero attached hydrogens (tertiary/aromatic N) is 3. The second kappa shape index (κ2) is 6.90. The summed E-state index contributed by atoms with van der Waals surface area (Å²) >= 11 is 5.82. The highest BCUT2D eigenvalue weighted by molar-refractivity contribution is 6.30. The van der Waals surface area contributed by atoms with Crippen molar-refractivity contribution in [2.75, 3.05) is 6.54 Å². The van der Waals surface area contributed by atoms with Gasteiger partial charge in [0.2, 0.25) is 11.8 Å². The summed E-state index contributed by atoms with van der Waals surface area (Å²) in [6.07, 6.45) is 4.34. The third-order valence-corrected chi connectivity index (χ3v) is 4.14. The number of carbonyl (C=O) groups excluding carboxylic acids is 2. The molecule has 6 heteroatoms. The lowest BCUT2D eigenvalue weighted by molar-refractivity contribution is -0.138. The molecule has 0 aliphatic carbocycles. The Labute approximate surface area is 145 Å². The average molecular weight is 342 g/mol. The van der Waals surface area contributed by atoms with Gasteiger partial charge < -0.3 is 0 Å². The number of aryl methyl sites for hydroxylation is 1. The van der Waals surface area contributed by atoms with Crippen LogP contribution in [0.4, 0.5) is 0 Å². The van der Waals surface area contributed by atoms with E-state index in [-0.39, 0.29) is 30.7 Å². The van der Waals surface area contributed by atoms with Crippen molar-refractivity contribution >= 4 is 23.4 Å². The summed E-state index contributed by atoms with van der Waals surface area (Å²) in [5, 5.41) is 4.73. The Hall–Kier alpha value is -2.58. The first-order valence-corrected chi connectivity index (χ1v) is 7.97. The average Bonchev–Trinajstić information content (AvgIpc) is 3.07. The van der Waals surface area contributed by atoms with E-state index in [2.05, 4.69) is 16.9 Å². The Morgan fingerprint density at radius 2 is 2.04 bits per heavy atom. The van der Waals surface area contributed by atoms with Crippen LogP contribution in [0.1, 0.15) is 17.5 Å². The molecule has 0 spiro atoms. The minimum atomic E-state index is -0.320. The summed E-state index contributed by atoms with van der Waals surface area (Å²) in [6.45, 7) is 0.115. The maximum absolute atomic E-state index is 12.4. The molecule has 1 aliphatic heterocycles. The second-order valence-corrected chi connectivity index (χ2v) is 6.19. The maximum atomic E-state index is 12.4. The molecule has 1 fully saturated rings. The standard InChI is InChI=1S/C18H16ClN3O2/c1-21-12-14(11-20-21)9-15-10-17(23)22(18(15)24)8-2-3-13-4-6-16(19)7-5-13/h4-7,11-12,15H,8-10H2,1H3/t15-/m0/s1. The molecule has 0 bridgehead atoms. The first kappa shape index (κ1) is 16.3. The number of benzene rings is 1. The summed E-state index contributed by atoms with van der Waals surface area (Å²) in [7, 11) is 1.82. The van der Waals surface area contributed by atoms with Crippen LogP contribution in [0.3, 0.4) is 0 Å². The van der Waals surface area contributed by atoms with E-state index >= 15 is 0 Å². The smallest absolute Gasteiger partial charge is 0.233 e. The molecule has 3 rings (SSSR count). The quantitative estimate of drug-likeness (QED) is 0.634. The normalized spacial score (nSPS) is 17.1. The van der Waals surface area contributed by atoms with Crippen molar-refractivity contribution in [2.24, 2.45) is 13.0 Å². The molecule has 1 aromatic heterocycles. The Bertz CT molecular complexity index is 830. The minimum Gasteiger partial charge on any atom is -0.276 e. The summed E-state index contributed by atoms with van der Waals surface area (Å²) < 4.78 is 1.69. The van der Waals surface area contributed by atoms with E-state index in [1.54, 1.807) is 35.1 Å². The van der Waals surface area contributed by atoms with Crippen LogP contribution in [0.2, 0.25) is 5.02 Å². The van der Waals surface area contributed by atoms with Crippen LogP contribution < -0.4 is 0 Å². The SMILES string of the molecule is Cn1cc(C[C@H]2CC(=O)N(CC#Cc3ccc(Cl)cc3)C2=O)cn1. The van der Waals surface area contributed by atoms with Gasteiger partial charge in [-0.05, 0) is 36.2 Å². The molecule has 2 heterocycles. The Balaban J connectivity index is 1.63. The van der Waals surface area contributed by atoms with Crippen molar-refractivity contribution in [3.63, 3.8) is 0 Å². The number of aromatic nitrogens is 2. The monoisotopic (exact) mass is 341 g/mol. The van der Waals surface area contributed by atoms with Gasteiger partial charge in [-0.1, -0.05) is 23.4 Å². The molecule has 0 radical (unpaired) electrons. The van der Waals surface area contributed by atoms with Crippen molar-refractivity contribution in [1.29, 1.82) is 0 Å². The van der Waals surface area contributed by atoms with E-state index < -0.39 is 0 Å². The minimum absolute atomic E-state index is 0.115. The molecule has 0 unspecified atom stereocenters. The third kappa shape index (κ3) is 3.66. The van der Waals surface area contributed by atoms with Gasteiger partial charge in [-0.15, -0.1) is 0 Å². The molecule has 24 heavy (non-hydrogen) atoms. The molecular weight excluding hydrogens is 326 g/mol. The Morgan fingerprint density at radius 1 is 1.29 bits per heavy atom. The van der Waals surface area contributed by atoms with Gasteiger partial charge in [-0.25, -0.2) is 0 Å². The number of carbonyl (C=O) groups is 2. The van der Waals surface area contributed by atoms with E-state index in [1.807, 2.05) is 13.2 Å². The van der Waals surface area contributed by atoms with E-state index in [9.17, 15) is 9.59 Å². The number of hydrogen-bond acceptors (Lipinski definition) is 3. The number of rotatable bonds is 3. The molecule has 2 aromatic rings. The van der Waals surface area contributed by atoms with Gasteiger partial charge in [0.15, 0.2) is 0 Å². The first-order valence-electron chi connectivity index (χ1n) is 7.59. The maximum Gasteiger partial charge on any atom is 0.233 e. The van der Waals surface area contributed by atoms with Crippen LogP contribution in [0, 0.1) is 17.8 Å². The molecule has 1 aliphatic rings. The molecule has 1 saturated heterocycles. The fraction of sp³-hybridized carbons (Fsp3) is 0.278. The van der Waals surface area contributed by atoms with E-state index in [4.69, 9.17) is 11.6 Å². The zero-order chi connectivity index (χ0) is 17.1. The lowest BCUT2D eigenvalue weighted by atomic mass is 10.0. The van der Waals surface area contributed by atoms with E-state index in [0.29, 0.717) is 11.4 Å². The fourth-order valence-corrected chi connectivity index (χ4v) is 2.82. The molecule has 5 nitrogen and oxygen atoms in total. The predicted molar refractivity (Wildman–Crippen MR) is 90.1 cm³/mol. The summed E-state index contributed by atoms with van der Waals surface area (Å²) in [5.41, 5.74) is 1.75. The van der Waals surface area contributed by atoms with Gasteiger partial charge in [-0.2, -0.15) is 5.10 Å². The van der Waals surface area contributed by atoms with Crippen LogP contribution in [0.5, 0.6) is 0 Å². The van der Waals surface area contributed by atoms with Gasteiger partial charge in [0.1, 0.15) is 0 Å². The van der Waals surface area contributed by atoms with Crippen molar-refractivity contribution in [3.8, 4) is 11.8 Å². The largest absolute Gasteiger partial charge is 0.276 e. The highest BCUT2D eigenvalue weighted by Crippen LogP contribution is 2.23. The van der Waals surface area contributed by atoms with E-state index in [1.165, 1.54) is 4.90 Å². The number of hydrogen-bond donors (Lipinski definition) is 0. The topological polar surface area (TPSA) is 55.2 Å². The van der Waals surface area contributed by atoms with Gasteiger partial charge in [0, 0.05) is 30.3 Å². The number of amides is 2.